The quantitative estimate of drug-likeness (QED) is 0.397. The summed E-state index contributed by atoms with van der Waals surface area (Å²) in [6, 6.07) is 12.7. The SMILES string of the molecule is CNCc1cn(S(=O)c2cccc(F)c2)c2nc(Nc3ccc(Cl)nc3Cl)ccc12. The minimum atomic E-state index is -1.67. The Kier molecular flexibility index (Phi) is 6.01. The Morgan fingerprint density at radius 3 is 2.70 bits per heavy atom. The predicted octanol–water partition coefficient (Wildman–Crippen LogP) is 4.91. The van der Waals surface area contributed by atoms with Crippen LogP contribution in [0, 0.1) is 5.82 Å². The highest BCUT2D eigenvalue weighted by Crippen LogP contribution is 2.28. The standard InChI is InChI=1S/C20H16Cl2FN5OS/c1-24-10-12-11-28(30(29)14-4-2-3-13(23)9-14)20-15(12)5-8-18(27-20)25-16-6-7-17(21)26-19(16)22/h2-9,11,24H,10H2,1H3,(H,25,27). The molecule has 1 aromatic carbocycles. The fourth-order valence-electron chi connectivity index (χ4n) is 3.00. The van der Waals surface area contributed by atoms with Gasteiger partial charge in [0.1, 0.15) is 16.8 Å². The number of nitrogens with zero attached hydrogens (tertiary/aromatic N) is 3. The number of anilines is 2. The van der Waals surface area contributed by atoms with Gasteiger partial charge in [-0.3, -0.25) is 0 Å². The van der Waals surface area contributed by atoms with Gasteiger partial charge in [-0.25, -0.2) is 22.5 Å². The molecule has 0 spiro atoms. The fourth-order valence-corrected chi connectivity index (χ4v) is 4.55. The Hall–Kier alpha value is -2.52. The maximum atomic E-state index is 13.6. The molecule has 4 rings (SSSR count). The molecule has 1 unspecified atom stereocenters. The minimum absolute atomic E-state index is 0.207. The predicted molar refractivity (Wildman–Crippen MR) is 118 cm³/mol. The van der Waals surface area contributed by atoms with Gasteiger partial charge in [0, 0.05) is 18.1 Å². The van der Waals surface area contributed by atoms with E-state index in [9.17, 15) is 8.60 Å². The van der Waals surface area contributed by atoms with Crippen LogP contribution in [0.15, 0.2) is 59.6 Å². The summed E-state index contributed by atoms with van der Waals surface area (Å²) in [5.41, 5.74) is 1.95. The zero-order valence-electron chi connectivity index (χ0n) is 15.7. The van der Waals surface area contributed by atoms with Gasteiger partial charge < -0.3 is 10.6 Å². The highest BCUT2D eigenvalue weighted by molar-refractivity contribution is 7.83. The van der Waals surface area contributed by atoms with Crippen molar-refractivity contribution in [3.05, 3.63) is 76.4 Å². The summed E-state index contributed by atoms with van der Waals surface area (Å²) < 4.78 is 28.4. The van der Waals surface area contributed by atoms with Crippen molar-refractivity contribution in [3.8, 4) is 0 Å². The molecule has 2 N–H and O–H groups in total. The number of benzene rings is 1. The van der Waals surface area contributed by atoms with Gasteiger partial charge in [0.2, 0.25) is 0 Å². The second-order valence-corrected chi connectivity index (χ2v) is 8.49. The molecule has 3 aromatic heterocycles. The molecule has 0 radical (unpaired) electrons. The van der Waals surface area contributed by atoms with Gasteiger partial charge in [-0.2, -0.15) is 0 Å². The number of halogens is 3. The van der Waals surface area contributed by atoms with Gasteiger partial charge in [0.05, 0.1) is 10.6 Å². The molecule has 0 fully saturated rings. The fraction of sp³-hybridized carbons (Fsp3) is 0.100. The summed E-state index contributed by atoms with van der Waals surface area (Å²) in [5, 5.41) is 7.51. The van der Waals surface area contributed by atoms with E-state index >= 15 is 0 Å². The molecule has 6 nitrogen and oxygen atoms in total. The van der Waals surface area contributed by atoms with Crippen molar-refractivity contribution in [2.24, 2.45) is 0 Å². The van der Waals surface area contributed by atoms with E-state index in [1.54, 1.807) is 30.5 Å². The van der Waals surface area contributed by atoms with E-state index in [4.69, 9.17) is 23.2 Å². The van der Waals surface area contributed by atoms with Crippen molar-refractivity contribution < 1.29 is 8.60 Å². The average Bonchev–Trinajstić information content (AvgIpc) is 3.08. The van der Waals surface area contributed by atoms with Crippen LogP contribution < -0.4 is 10.6 Å². The second-order valence-electron chi connectivity index (χ2n) is 6.38. The zero-order valence-corrected chi connectivity index (χ0v) is 18.0. The molecule has 0 aliphatic carbocycles. The van der Waals surface area contributed by atoms with Crippen LogP contribution in [0.5, 0.6) is 0 Å². The summed E-state index contributed by atoms with van der Waals surface area (Å²) in [7, 11) is 0.151. The first-order valence-corrected chi connectivity index (χ1v) is 10.7. The van der Waals surface area contributed by atoms with E-state index in [-0.39, 0.29) is 10.3 Å². The Balaban J connectivity index is 1.79. The Morgan fingerprint density at radius 2 is 1.97 bits per heavy atom. The van der Waals surface area contributed by atoms with Crippen LogP contribution in [0.25, 0.3) is 11.0 Å². The molecule has 154 valence electrons. The number of hydrogen-bond donors (Lipinski definition) is 2. The second kappa shape index (κ2) is 8.69. The molecule has 0 bridgehead atoms. The van der Waals surface area contributed by atoms with Gasteiger partial charge in [0.25, 0.3) is 0 Å². The molecule has 30 heavy (non-hydrogen) atoms. The van der Waals surface area contributed by atoms with Crippen molar-refractivity contribution in [2.75, 3.05) is 12.4 Å². The van der Waals surface area contributed by atoms with Crippen molar-refractivity contribution in [3.63, 3.8) is 0 Å². The number of nitrogens with one attached hydrogen (secondary N) is 2. The molecule has 0 aliphatic heterocycles. The molecule has 10 heteroatoms. The van der Waals surface area contributed by atoms with Crippen molar-refractivity contribution >= 4 is 56.7 Å². The molecular formula is C20H16Cl2FN5OS. The first-order chi connectivity index (χ1) is 14.5. The smallest absolute Gasteiger partial charge is 0.158 e. The van der Waals surface area contributed by atoms with Crippen molar-refractivity contribution in [1.29, 1.82) is 0 Å². The van der Waals surface area contributed by atoms with Crippen LogP contribution >= 0.6 is 23.2 Å². The monoisotopic (exact) mass is 463 g/mol. The molecule has 0 aliphatic rings. The lowest BCUT2D eigenvalue weighted by molar-refractivity contribution is 0.622. The van der Waals surface area contributed by atoms with Crippen LogP contribution in [-0.4, -0.2) is 25.2 Å². The Morgan fingerprint density at radius 1 is 1.13 bits per heavy atom. The average molecular weight is 464 g/mol. The van der Waals surface area contributed by atoms with Crippen LogP contribution in [0.2, 0.25) is 10.3 Å². The Bertz CT molecular complexity index is 1260. The highest BCUT2D eigenvalue weighted by Gasteiger charge is 2.17. The molecule has 0 amide bonds. The normalized spacial score (nSPS) is 12.3. The molecule has 0 saturated carbocycles. The summed E-state index contributed by atoms with van der Waals surface area (Å²) in [5.74, 6) is 0.0353. The summed E-state index contributed by atoms with van der Waals surface area (Å²) >= 11 is 12.0. The summed E-state index contributed by atoms with van der Waals surface area (Å²) in [6.45, 7) is 0.561. The number of pyridine rings is 2. The van der Waals surface area contributed by atoms with Crippen LogP contribution in [0.4, 0.5) is 15.9 Å². The maximum absolute atomic E-state index is 13.6. The third-order valence-electron chi connectivity index (χ3n) is 4.32. The van der Waals surface area contributed by atoms with Crippen LogP contribution in [-0.2, 0) is 17.5 Å². The first-order valence-electron chi connectivity index (χ1n) is 8.89. The van der Waals surface area contributed by atoms with Crippen LogP contribution in [0.3, 0.4) is 0 Å². The molecular weight excluding hydrogens is 448 g/mol. The van der Waals surface area contributed by atoms with Crippen molar-refractivity contribution in [2.45, 2.75) is 11.4 Å². The van der Waals surface area contributed by atoms with Gasteiger partial charge in [-0.15, -0.1) is 0 Å². The molecule has 4 aromatic rings. The molecule has 0 saturated heterocycles. The van der Waals surface area contributed by atoms with Crippen molar-refractivity contribution in [1.82, 2.24) is 19.3 Å². The van der Waals surface area contributed by atoms with Crippen LogP contribution in [0.1, 0.15) is 5.56 Å². The lowest BCUT2D eigenvalue weighted by atomic mass is 10.2. The number of aromatic nitrogens is 3. The van der Waals surface area contributed by atoms with E-state index in [2.05, 4.69) is 20.6 Å². The van der Waals surface area contributed by atoms with Gasteiger partial charge in [-0.1, -0.05) is 29.3 Å². The van der Waals surface area contributed by atoms with E-state index in [1.165, 1.54) is 22.2 Å². The number of hydrogen-bond acceptors (Lipinski definition) is 5. The highest BCUT2D eigenvalue weighted by atomic mass is 35.5. The topological polar surface area (TPSA) is 71.8 Å². The third kappa shape index (κ3) is 4.17. The number of rotatable bonds is 6. The van der Waals surface area contributed by atoms with E-state index in [0.717, 1.165) is 10.9 Å². The summed E-state index contributed by atoms with van der Waals surface area (Å²) in [4.78, 5) is 8.96. The Labute approximate surface area is 184 Å². The van der Waals surface area contributed by atoms with Gasteiger partial charge in [0.15, 0.2) is 21.8 Å². The summed E-state index contributed by atoms with van der Waals surface area (Å²) in [6.07, 6.45) is 1.76. The third-order valence-corrected chi connectivity index (χ3v) is 6.12. The number of fused-ring (bicyclic) bond motifs is 1. The zero-order chi connectivity index (χ0) is 21.3. The molecule has 1 atom stereocenters. The first kappa shape index (κ1) is 20.7. The largest absolute Gasteiger partial charge is 0.338 e. The van der Waals surface area contributed by atoms with E-state index in [1.807, 2.05) is 13.1 Å². The lowest BCUT2D eigenvalue weighted by Crippen LogP contribution is -2.06. The van der Waals surface area contributed by atoms with Gasteiger partial charge >= 0.3 is 0 Å². The van der Waals surface area contributed by atoms with Gasteiger partial charge in [-0.05, 0) is 55.1 Å². The molecule has 3 heterocycles. The minimum Gasteiger partial charge on any atom is -0.338 e. The van der Waals surface area contributed by atoms with E-state index < -0.39 is 16.8 Å². The lowest BCUT2D eigenvalue weighted by Gasteiger charge is -2.09. The maximum Gasteiger partial charge on any atom is 0.158 e. The van der Waals surface area contributed by atoms with E-state index in [0.29, 0.717) is 28.6 Å².